The molecule has 0 saturated heterocycles. The van der Waals surface area contributed by atoms with E-state index in [1.807, 2.05) is 0 Å². The van der Waals surface area contributed by atoms with Gasteiger partial charge in [0.25, 0.3) is 0 Å². The predicted octanol–water partition coefficient (Wildman–Crippen LogP) is 22.7. The summed E-state index contributed by atoms with van der Waals surface area (Å²) in [6.07, 6.45) is 57.0. The summed E-state index contributed by atoms with van der Waals surface area (Å²) in [6.45, 7) is 9.55. The second kappa shape index (κ2) is 68.8. The van der Waals surface area contributed by atoms with Gasteiger partial charge in [0.1, 0.15) is 19.3 Å². The molecule has 0 aromatic carbocycles. The van der Waals surface area contributed by atoms with E-state index >= 15 is 0 Å². The van der Waals surface area contributed by atoms with Crippen LogP contribution in [-0.2, 0) is 65.4 Å². The molecule has 0 aliphatic carbocycles. The van der Waals surface area contributed by atoms with E-state index in [4.69, 9.17) is 37.0 Å². The molecule has 0 aromatic heterocycles. The zero-order valence-electron chi connectivity index (χ0n) is 62.7. The van der Waals surface area contributed by atoms with Gasteiger partial charge in [0.2, 0.25) is 0 Å². The highest BCUT2D eigenvalue weighted by Gasteiger charge is 2.30. The van der Waals surface area contributed by atoms with Crippen LogP contribution in [0.3, 0.4) is 0 Å². The third kappa shape index (κ3) is 70.5. The van der Waals surface area contributed by atoms with Crippen LogP contribution in [-0.4, -0.2) is 96.7 Å². The van der Waals surface area contributed by atoms with Gasteiger partial charge in [0.05, 0.1) is 26.4 Å². The molecule has 0 heterocycles. The maximum atomic E-state index is 13.1. The van der Waals surface area contributed by atoms with Crippen LogP contribution in [0.2, 0.25) is 0 Å². The molecule has 0 bridgehead atoms. The number of carbonyl (C=O) groups excluding carboxylic acids is 4. The van der Waals surface area contributed by atoms with E-state index < -0.39 is 97.5 Å². The number of carbonyl (C=O) groups is 4. The van der Waals surface area contributed by atoms with Crippen LogP contribution in [0.5, 0.6) is 0 Å². The first-order valence-electron chi connectivity index (χ1n) is 40.0. The van der Waals surface area contributed by atoms with Crippen LogP contribution < -0.4 is 0 Å². The van der Waals surface area contributed by atoms with E-state index in [-0.39, 0.29) is 25.7 Å². The summed E-state index contributed by atoms with van der Waals surface area (Å²) < 4.78 is 68.5. The smallest absolute Gasteiger partial charge is 0.462 e. The molecule has 0 aliphatic rings. The van der Waals surface area contributed by atoms with Crippen molar-refractivity contribution in [2.45, 2.75) is 419 Å². The minimum absolute atomic E-state index is 0.105. The van der Waals surface area contributed by atoms with E-state index in [1.54, 1.807) is 0 Å². The highest BCUT2D eigenvalue weighted by atomic mass is 31.2. The Balaban J connectivity index is 5.20. The lowest BCUT2D eigenvalue weighted by atomic mass is 10.0. The van der Waals surface area contributed by atoms with Crippen molar-refractivity contribution >= 4 is 39.5 Å². The maximum absolute atomic E-state index is 13.1. The van der Waals surface area contributed by atoms with Crippen molar-refractivity contribution < 1.29 is 80.2 Å². The Morgan fingerprint density at radius 3 is 0.708 bits per heavy atom. The minimum atomic E-state index is -4.96. The normalized spacial score (nSPS) is 14.0. The number of hydrogen-bond acceptors (Lipinski definition) is 15. The topological polar surface area (TPSA) is 237 Å². The van der Waals surface area contributed by atoms with Gasteiger partial charge in [-0.1, -0.05) is 350 Å². The number of phosphoric ester groups is 2. The molecule has 2 unspecified atom stereocenters. The lowest BCUT2D eigenvalue weighted by Gasteiger charge is -2.21. The summed E-state index contributed by atoms with van der Waals surface area (Å²) in [5.74, 6) is -0.640. The number of aliphatic hydroxyl groups is 1. The average Bonchev–Trinajstić information content (AvgIpc) is 1.22. The van der Waals surface area contributed by atoms with E-state index in [9.17, 15) is 43.2 Å². The van der Waals surface area contributed by atoms with Gasteiger partial charge in [-0.2, -0.15) is 0 Å². The molecule has 0 saturated carbocycles. The molecular formula is C77H150O17P2. The molecule has 17 nitrogen and oxygen atoms in total. The highest BCUT2D eigenvalue weighted by Crippen LogP contribution is 2.45. The number of phosphoric acid groups is 2. The molecule has 0 rings (SSSR count). The van der Waals surface area contributed by atoms with E-state index in [0.29, 0.717) is 25.7 Å². The lowest BCUT2D eigenvalue weighted by Crippen LogP contribution is -2.30. The summed E-state index contributed by atoms with van der Waals surface area (Å²) in [4.78, 5) is 72.8. The molecule has 0 amide bonds. The second-order valence-corrected chi connectivity index (χ2v) is 31.6. The molecule has 0 spiro atoms. The number of aliphatic hydroxyl groups excluding tert-OH is 1. The fourth-order valence-electron chi connectivity index (χ4n) is 11.8. The first kappa shape index (κ1) is 94.1. The average molecular weight is 1410 g/mol. The molecular weight excluding hydrogens is 1260 g/mol. The number of unbranched alkanes of at least 4 members (excludes halogenated alkanes) is 46. The van der Waals surface area contributed by atoms with E-state index in [2.05, 4.69) is 41.5 Å². The van der Waals surface area contributed by atoms with Gasteiger partial charge in [0.15, 0.2) is 12.2 Å². The zero-order valence-corrected chi connectivity index (χ0v) is 64.5. The van der Waals surface area contributed by atoms with E-state index in [0.717, 1.165) is 102 Å². The lowest BCUT2D eigenvalue weighted by molar-refractivity contribution is -0.161. The number of ether oxygens (including phenoxy) is 4. The van der Waals surface area contributed by atoms with Crippen LogP contribution in [0.1, 0.15) is 401 Å². The van der Waals surface area contributed by atoms with Gasteiger partial charge in [-0.15, -0.1) is 0 Å². The monoisotopic (exact) mass is 1410 g/mol. The summed E-state index contributed by atoms with van der Waals surface area (Å²) in [5, 5.41) is 10.6. The Kier molecular flexibility index (Phi) is 67.4. The fraction of sp³-hybridized carbons (Fsp3) is 0.948. The summed E-state index contributed by atoms with van der Waals surface area (Å²) in [7, 11) is -9.91. The summed E-state index contributed by atoms with van der Waals surface area (Å²) >= 11 is 0. The molecule has 3 N–H and O–H groups in total. The van der Waals surface area contributed by atoms with Gasteiger partial charge in [-0.05, 0) is 37.5 Å². The molecule has 0 aliphatic heterocycles. The second-order valence-electron chi connectivity index (χ2n) is 28.7. The molecule has 0 fully saturated rings. The highest BCUT2D eigenvalue weighted by molar-refractivity contribution is 7.47. The number of hydrogen-bond donors (Lipinski definition) is 3. The Labute approximate surface area is 588 Å². The van der Waals surface area contributed by atoms with Gasteiger partial charge < -0.3 is 33.8 Å². The largest absolute Gasteiger partial charge is 0.472 e. The van der Waals surface area contributed by atoms with Crippen molar-refractivity contribution in [3.63, 3.8) is 0 Å². The quantitative estimate of drug-likeness (QED) is 0.0222. The molecule has 19 heteroatoms. The van der Waals surface area contributed by atoms with Gasteiger partial charge in [-0.3, -0.25) is 37.3 Å². The van der Waals surface area contributed by atoms with Crippen molar-refractivity contribution in [2.24, 2.45) is 11.8 Å². The Hall–Kier alpha value is -1.94. The van der Waals surface area contributed by atoms with Crippen LogP contribution in [0.4, 0.5) is 0 Å². The molecule has 0 aromatic rings. The Bertz CT molecular complexity index is 1860. The third-order valence-electron chi connectivity index (χ3n) is 18.0. The summed E-state index contributed by atoms with van der Waals surface area (Å²) in [6, 6.07) is 0. The molecule has 96 heavy (non-hydrogen) atoms. The van der Waals surface area contributed by atoms with Crippen LogP contribution in [0.15, 0.2) is 0 Å². The van der Waals surface area contributed by atoms with Crippen molar-refractivity contribution in [3.8, 4) is 0 Å². The molecule has 0 radical (unpaired) electrons. The predicted molar refractivity (Wildman–Crippen MR) is 391 cm³/mol. The molecule has 5 atom stereocenters. The van der Waals surface area contributed by atoms with Crippen LogP contribution in [0, 0.1) is 11.8 Å². The Morgan fingerprint density at radius 2 is 0.479 bits per heavy atom. The Morgan fingerprint density at radius 1 is 0.281 bits per heavy atom. The zero-order chi connectivity index (χ0) is 70.7. The van der Waals surface area contributed by atoms with Gasteiger partial charge in [0, 0.05) is 25.7 Å². The first-order valence-corrected chi connectivity index (χ1v) is 43.0. The van der Waals surface area contributed by atoms with Gasteiger partial charge >= 0.3 is 39.5 Å². The molecule has 570 valence electrons. The van der Waals surface area contributed by atoms with Crippen LogP contribution >= 0.6 is 15.6 Å². The van der Waals surface area contributed by atoms with Crippen LogP contribution in [0.25, 0.3) is 0 Å². The summed E-state index contributed by atoms with van der Waals surface area (Å²) in [5.41, 5.74) is 0. The van der Waals surface area contributed by atoms with E-state index in [1.165, 1.54) is 218 Å². The fourth-order valence-corrected chi connectivity index (χ4v) is 13.4. The number of rotatable bonds is 76. The first-order chi connectivity index (χ1) is 46.4. The van der Waals surface area contributed by atoms with Crippen molar-refractivity contribution in [1.82, 2.24) is 0 Å². The minimum Gasteiger partial charge on any atom is -0.462 e. The maximum Gasteiger partial charge on any atom is 0.472 e. The van der Waals surface area contributed by atoms with Crippen molar-refractivity contribution in [3.05, 3.63) is 0 Å². The number of esters is 4. The van der Waals surface area contributed by atoms with Crippen molar-refractivity contribution in [1.29, 1.82) is 0 Å². The standard InChI is InChI=1S/C77H150O17P2/c1-7-9-11-13-15-17-19-20-21-22-23-24-25-26-27-28-30-36-43-49-55-61-76(81)93-72(65-88-75(80)60-54-48-42-35-32-31-33-39-45-51-57-69(3)4)67-91-95(83,84)89-63-71(78)64-90-96(85,86)92-68-73(94-77(82)62-56-50-44-38-37-40-46-52-58-70(5)6)66-87-74(79)59-53-47-41-34-29-18-16-14-12-10-8-2/h69-73,78H,7-68H2,1-6H3,(H,83,84)(H,85,86)/t71-,72-,73-/m1/s1. The van der Waals surface area contributed by atoms with Crippen molar-refractivity contribution in [2.75, 3.05) is 39.6 Å². The van der Waals surface area contributed by atoms with Gasteiger partial charge in [-0.25, -0.2) is 9.13 Å². The SMILES string of the molecule is CCCCCCCCCCCCCCCCCCCCCCCC(=O)O[C@H](COC(=O)CCCCCCCCCCCCC(C)C)COP(=O)(O)OC[C@@H](O)COP(=O)(O)OC[C@@H](COC(=O)CCCCCCCCCCCCC)OC(=O)CCCCCCCCCCC(C)C. The third-order valence-corrected chi connectivity index (χ3v) is 19.9.